The highest BCUT2D eigenvalue weighted by Crippen LogP contribution is 2.15. The number of aryl methyl sites for hydroxylation is 1. The molecule has 0 aromatic heterocycles. The van der Waals surface area contributed by atoms with Gasteiger partial charge in [0.1, 0.15) is 0 Å². The number of benzene rings is 1. The van der Waals surface area contributed by atoms with Gasteiger partial charge in [0.2, 0.25) is 5.91 Å². The molecular weight excluding hydrogens is 477 g/mol. The second-order valence-electron chi connectivity index (χ2n) is 7.75. The fourth-order valence-electron chi connectivity index (χ4n) is 3.53. The topological polar surface area (TPSA) is 60.0 Å². The van der Waals surface area contributed by atoms with Crippen molar-refractivity contribution >= 4 is 41.5 Å². The first-order valence-electron chi connectivity index (χ1n) is 10.6. The van der Waals surface area contributed by atoms with Crippen molar-refractivity contribution in [2.45, 2.75) is 47.1 Å². The smallest absolute Gasteiger partial charge is 0.225 e. The molecule has 0 saturated carbocycles. The van der Waals surface area contributed by atoms with Gasteiger partial charge in [-0.1, -0.05) is 26.0 Å². The Morgan fingerprint density at radius 1 is 1.34 bits per heavy atom. The Morgan fingerprint density at radius 3 is 2.72 bits per heavy atom. The second kappa shape index (κ2) is 12.9. The van der Waals surface area contributed by atoms with E-state index < -0.39 is 0 Å². The normalized spacial score (nSPS) is 16.6. The number of nitrogens with zero attached hydrogens (tertiary/aromatic N) is 3. The number of halogens is 1. The SMILES string of the molecule is CCNC(=NCCN(CC)c1cccc(C)c1)NC1CCN(C(=O)C(C)C)C1.I. The van der Waals surface area contributed by atoms with Gasteiger partial charge in [0.15, 0.2) is 5.96 Å². The highest BCUT2D eigenvalue weighted by Gasteiger charge is 2.27. The first-order valence-corrected chi connectivity index (χ1v) is 10.6. The first kappa shape index (κ1) is 25.5. The zero-order valence-corrected chi connectivity index (χ0v) is 20.9. The molecule has 0 spiro atoms. The summed E-state index contributed by atoms with van der Waals surface area (Å²) < 4.78 is 0. The van der Waals surface area contributed by atoms with Gasteiger partial charge in [-0.3, -0.25) is 9.79 Å². The van der Waals surface area contributed by atoms with Crippen LogP contribution in [0.4, 0.5) is 5.69 Å². The number of aliphatic imine (C=N–C) groups is 1. The number of likely N-dealkylation sites (tertiary alicyclic amines) is 1. The largest absolute Gasteiger partial charge is 0.370 e. The van der Waals surface area contributed by atoms with E-state index in [0.29, 0.717) is 0 Å². The van der Waals surface area contributed by atoms with Gasteiger partial charge < -0.3 is 20.4 Å². The molecule has 2 rings (SSSR count). The predicted molar refractivity (Wildman–Crippen MR) is 133 cm³/mol. The summed E-state index contributed by atoms with van der Waals surface area (Å²) in [5, 5.41) is 6.84. The molecule has 1 saturated heterocycles. The number of anilines is 1. The summed E-state index contributed by atoms with van der Waals surface area (Å²) in [4.78, 5) is 21.3. The van der Waals surface area contributed by atoms with Gasteiger partial charge in [-0.05, 0) is 44.9 Å². The third-order valence-electron chi connectivity index (χ3n) is 5.07. The Morgan fingerprint density at radius 2 is 2.10 bits per heavy atom. The van der Waals surface area contributed by atoms with Gasteiger partial charge in [0, 0.05) is 50.4 Å². The average Bonchev–Trinajstić information content (AvgIpc) is 3.13. The zero-order valence-electron chi connectivity index (χ0n) is 18.6. The van der Waals surface area contributed by atoms with E-state index >= 15 is 0 Å². The maximum atomic E-state index is 12.2. The van der Waals surface area contributed by atoms with E-state index in [4.69, 9.17) is 4.99 Å². The minimum atomic E-state index is 0. The second-order valence-corrected chi connectivity index (χ2v) is 7.75. The number of guanidine groups is 1. The molecule has 6 nitrogen and oxygen atoms in total. The molecule has 1 fully saturated rings. The standard InChI is InChI=1S/C22H37N5O.HI/c1-6-23-22(25-19-11-13-27(16-19)21(28)17(3)4)24-12-14-26(7-2)20-10-8-9-18(5)15-20;/h8-10,15,17,19H,6-7,11-14,16H2,1-5H3,(H2,23,24,25);1H. The van der Waals surface area contributed by atoms with Crippen molar-refractivity contribution in [2.75, 3.05) is 44.2 Å². The molecule has 1 atom stereocenters. The Kier molecular flexibility index (Phi) is 11.4. The molecular formula is C22H38IN5O. The molecule has 1 heterocycles. The number of hydrogen-bond acceptors (Lipinski definition) is 3. The van der Waals surface area contributed by atoms with E-state index in [-0.39, 0.29) is 41.8 Å². The van der Waals surface area contributed by atoms with Crippen LogP contribution in [0.1, 0.15) is 39.7 Å². The van der Waals surface area contributed by atoms with Crippen molar-refractivity contribution in [1.82, 2.24) is 15.5 Å². The van der Waals surface area contributed by atoms with E-state index in [1.165, 1.54) is 11.3 Å². The van der Waals surface area contributed by atoms with Gasteiger partial charge in [0.05, 0.1) is 6.54 Å². The predicted octanol–water partition coefficient (Wildman–Crippen LogP) is 3.25. The van der Waals surface area contributed by atoms with Crippen molar-refractivity contribution in [2.24, 2.45) is 10.9 Å². The lowest BCUT2D eigenvalue weighted by molar-refractivity contribution is -0.133. The van der Waals surface area contributed by atoms with Crippen LogP contribution in [0.5, 0.6) is 0 Å². The number of hydrogen-bond donors (Lipinski definition) is 2. The fourth-order valence-corrected chi connectivity index (χ4v) is 3.53. The Balaban J connectivity index is 0.00000420. The Labute approximate surface area is 193 Å². The van der Waals surface area contributed by atoms with Crippen LogP contribution in [-0.4, -0.2) is 62.1 Å². The number of nitrogens with one attached hydrogen (secondary N) is 2. The summed E-state index contributed by atoms with van der Waals surface area (Å²) in [5.41, 5.74) is 2.52. The third-order valence-corrected chi connectivity index (χ3v) is 5.07. The van der Waals surface area contributed by atoms with Gasteiger partial charge in [0.25, 0.3) is 0 Å². The quantitative estimate of drug-likeness (QED) is 0.317. The zero-order chi connectivity index (χ0) is 20.5. The van der Waals surface area contributed by atoms with E-state index in [2.05, 4.69) is 60.6 Å². The fraction of sp³-hybridized carbons (Fsp3) is 0.636. The van der Waals surface area contributed by atoms with E-state index in [1.807, 2.05) is 18.7 Å². The van der Waals surface area contributed by atoms with Crippen LogP contribution in [0, 0.1) is 12.8 Å². The minimum Gasteiger partial charge on any atom is -0.370 e. The molecule has 1 aliphatic heterocycles. The molecule has 1 amide bonds. The monoisotopic (exact) mass is 515 g/mol. The van der Waals surface area contributed by atoms with Crippen LogP contribution in [0.2, 0.25) is 0 Å². The molecule has 0 aliphatic carbocycles. The number of carbonyl (C=O) groups excluding carboxylic acids is 1. The minimum absolute atomic E-state index is 0. The molecule has 164 valence electrons. The van der Waals surface area contributed by atoms with E-state index in [1.54, 1.807) is 0 Å². The van der Waals surface area contributed by atoms with Crippen molar-refractivity contribution in [3.63, 3.8) is 0 Å². The summed E-state index contributed by atoms with van der Waals surface area (Å²) >= 11 is 0. The lowest BCUT2D eigenvalue weighted by Gasteiger charge is -2.23. The molecule has 2 N–H and O–H groups in total. The highest BCUT2D eigenvalue weighted by atomic mass is 127. The molecule has 1 aliphatic rings. The summed E-state index contributed by atoms with van der Waals surface area (Å²) in [6.45, 7) is 15.2. The highest BCUT2D eigenvalue weighted by molar-refractivity contribution is 14.0. The van der Waals surface area contributed by atoms with Crippen LogP contribution >= 0.6 is 24.0 Å². The summed E-state index contributed by atoms with van der Waals surface area (Å²) in [5.74, 6) is 1.14. The van der Waals surface area contributed by atoms with Crippen LogP contribution in [0.25, 0.3) is 0 Å². The van der Waals surface area contributed by atoms with E-state index in [9.17, 15) is 4.79 Å². The van der Waals surface area contributed by atoms with Gasteiger partial charge >= 0.3 is 0 Å². The molecule has 29 heavy (non-hydrogen) atoms. The van der Waals surface area contributed by atoms with Crippen molar-refractivity contribution in [1.29, 1.82) is 0 Å². The lowest BCUT2D eigenvalue weighted by atomic mass is 10.2. The van der Waals surface area contributed by atoms with Crippen molar-refractivity contribution in [3.05, 3.63) is 29.8 Å². The molecule has 1 unspecified atom stereocenters. The number of amides is 1. The maximum absolute atomic E-state index is 12.2. The van der Waals surface area contributed by atoms with Gasteiger partial charge in [-0.2, -0.15) is 0 Å². The van der Waals surface area contributed by atoms with Crippen LogP contribution in [0.3, 0.4) is 0 Å². The summed E-state index contributed by atoms with van der Waals surface area (Å²) in [7, 11) is 0. The summed E-state index contributed by atoms with van der Waals surface area (Å²) in [6, 6.07) is 8.86. The third kappa shape index (κ3) is 8.03. The molecule has 0 bridgehead atoms. The Bertz CT molecular complexity index is 664. The molecule has 1 aromatic rings. The van der Waals surface area contributed by atoms with Crippen LogP contribution in [-0.2, 0) is 4.79 Å². The number of likely N-dealkylation sites (N-methyl/N-ethyl adjacent to an activating group) is 1. The molecule has 1 aromatic carbocycles. The van der Waals surface area contributed by atoms with Crippen molar-refractivity contribution in [3.8, 4) is 0 Å². The number of rotatable bonds is 8. The first-order chi connectivity index (χ1) is 13.4. The van der Waals surface area contributed by atoms with Gasteiger partial charge in [-0.15, -0.1) is 24.0 Å². The number of carbonyl (C=O) groups is 1. The molecule has 7 heteroatoms. The van der Waals surface area contributed by atoms with Crippen molar-refractivity contribution < 1.29 is 4.79 Å². The Hall–Kier alpha value is -1.51. The lowest BCUT2D eigenvalue weighted by Crippen LogP contribution is -2.45. The van der Waals surface area contributed by atoms with Crippen LogP contribution < -0.4 is 15.5 Å². The summed E-state index contributed by atoms with van der Waals surface area (Å²) in [6.07, 6.45) is 0.966. The van der Waals surface area contributed by atoms with Crippen LogP contribution in [0.15, 0.2) is 29.3 Å². The van der Waals surface area contributed by atoms with E-state index in [0.717, 1.165) is 51.6 Å². The van der Waals surface area contributed by atoms with Gasteiger partial charge in [-0.25, -0.2) is 0 Å². The average molecular weight is 515 g/mol. The maximum Gasteiger partial charge on any atom is 0.225 e. The molecule has 0 radical (unpaired) electrons.